The van der Waals surface area contributed by atoms with E-state index in [0.717, 1.165) is 16.3 Å². The van der Waals surface area contributed by atoms with Crippen LogP contribution in [-0.2, 0) is 9.53 Å². The van der Waals surface area contributed by atoms with Gasteiger partial charge in [0, 0.05) is 11.1 Å². The molecule has 0 radical (unpaired) electrons. The highest BCUT2D eigenvalue weighted by atomic mass is 32.1. The molecule has 2 aromatic rings. The van der Waals surface area contributed by atoms with Crippen LogP contribution in [0.25, 0.3) is 0 Å². The molecule has 5 heteroatoms. The van der Waals surface area contributed by atoms with Crippen molar-refractivity contribution in [2.24, 2.45) is 0 Å². The highest BCUT2D eigenvalue weighted by Crippen LogP contribution is 2.23. The Bertz CT molecular complexity index is 595. The lowest BCUT2D eigenvalue weighted by molar-refractivity contribution is -0.144. The van der Waals surface area contributed by atoms with Gasteiger partial charge in [0.1, 0.15) is 0 Å². The fraction of sp³-hybridized carbons (Fsp3) is 0.333. The van der Waals surface area contributed by atoms with Gasteiger partial charge in [-0.15, -0.1) is 11.3 Å². The molecule has 0 bridgehead atoms. The first-order chi connectivity index (χ1) is 9.60. The molecular formula is C15H18N2O2S. The maximum atomic E-state index is 12.1. The lowest BCUT2D eigenvalue weighted by Gasteiger charge is -2.17. The van der Waals surface area contributed by atoms with Crippen LogP contribution in [0.3, 0.4) is 0 Å². The van der Waals surface area contributed by atoms with Crippen LogP contribution in [-0.4, -0.2) is 17.6 Å². The second-order valence-corrected chi connectivity index (χ2v) is 5.55. The zero-order valence-corrected chi connectivity index (χ0v) is 12.7. The summed E-state index contributed by atoms with van der Waals surface area (Å²) in [6.07, 6.45) is 0. The number of hydrogen-bond acceptors (Lipinski definition) is 5. The summed E-state index contributed by atoms with van der Waals surface area (Å²) >= 11 is 1.52. The third-order valence-electron chi connectivity index (χ3n) is 2.78. The molecule has 1 aromatic heterocycles. The SMILES string of the molecule is CCOC(=O)C(Nc1cccc(C)c1)c1csc(C)n1. The van der Waals surface area contributed by atoms with Gasteiger partial charge in [-0.3, -0.25) is 0 Å². The third-order valence-corrected chi connectivity index (χ3v) is 3.58. The molecule has 0 aliphatic heterocycles. The van der Waals surface area contributed by atoms with Gasteiger partial charge in [0.05, 0.1) is 17.3 Å². The van der Waals surface area contributed by atoms with E-state index in [4.69, 9.17) is 4.74 Å². The molecule has 0 spiro atoms. The van der Waals surface area contributed by atoms with Crippen molar-refractivity contribution in [2.75, 3.05) is 11.9 Å². The number of carbonyl (C=O) groups excluding carboxylic acids is 1. The average Bonchev–Trinajstić information content (AvgIpc) is 2.83. The Labute approximate surface area is 122 Å². The lowest BCUT2D eigenvalue weighted by Crippen LogP contribution is -2.23. The summed E-state index contributed by atoms with van der Waals surface area (Å²) in [6, 6.07) is 7.31. The molecular weight excluding hydrogens is 272 g/mol. The second-order valence-electron chi connectivity index (χ2n) is 4.49. The smallest absolute Gasteiger partial charge is 0.334 e. The number of thiazole rings is 1. The Morgan fingerprint density at radius 3 is 2.85 bits per heavy atom. The second kappa shape index (κ2) is 6.52. The van der Waals surface area contributed by atoms with E-state index in [1.54, 1.807) is 6.92 Å². The van der Waals surface area contributed by atoms with E-state index in [-0.39, 0.29) is 5.97 Å². The van der Waals surface area contributed by atoms with Crippen molar-refractivity contribution >= 4 is 23.0 Å². The number of aromatic nitrogens is 1. The zero-order chi connectivity index (χ0) is 14.5. The third kappa shape index (κ3) is 3.57. The number of anilines is 1. The number of benzene rings is 1. The number of esters is 1. The number of ether oxygens (including phenoxy) is 1. The molecule has 0 aliphatic carbocycles. The van der Waals surface area contributed by atoms with Crippen molar-refractivity contribution in [2.45, 2.75) is 26.8 Å². The van der Waals surface area contributed by atoms with Gasteiger partial charge in [0.15, 0.2) is 6.04 Å². The number of carbonyl (C=O) groups is 1. The summed E-state index contributed by atoms with van der Waals surface area (Å²) in [5.74, 6) is -0.306. The van der Waals surface area contributed by atoms with Gasteiger partial charge in [-0.05, 0) is 38.5 Å². The minimum Gasteiger partial charge on any atom is -0.464 e. The summed E-state index contributed by atoms with van der Waals surface area (Å²) in [4.78, 5) is 16.5. The fourth-order valence-corrected chi connectivity index (χ4v) is 2.53. The number of hydrogen-bond donors (Lipinski definition) is 1. The number of aryl methyl sites for hydroxylation is 2. The van der Waals surface area contributed by atoms with E-state index in [2.05, 4.69) is 10.3 Å². The predicted molar refractivity (Wildman–Crippen MR) is 81.0 cm³/mol. The van der Waals surface area contributed by atoms with E-state index >= 15 is 0 Å². The molecule has 1 unspecified atom stereocenters. The Balaban J connectivity index is 2.25. The quantitative estimate of drug-likeness (QED) is 0.857. The predicted octanol–water partition coefficient (Wildman–Crippen LogP) is 3.48. The van der Waals surface area contributed by atoms with Crippen molar-refractivity contribution in [1.29, 1.82) is 0 Å². The van der Waals surface area contributed by atoms with Crippen molar-refractivity contribution in [3.8, 4) is 0 Å². The zero-order valence-electron chi connectivity index (χ0n) is 11.8. The normalized spacial score (nSPS) is 11.9. The summed E-state index contributed by atoms with van der Waals surface area (Å²) < 4.78 is 5.13. The Hall–Kier alpha value is -1.88. The summed E-state index contributed by atoms with van der Waals surface area (Å²) in [5.41, 5.74) is 2.72. The van der Waals surface area contributed by atoms with Gasteiger partial charge >= 0.3 is 5.97 Å². The molecule has 0 saturated heterocycles. The average molecular weight is 290 g/mol. The van der Waals surface area contributed by atoms with Crippen LogP contribution in [0.15, 0.2) is 29.6 Å². The number of nitrogens with zero attached hydrogens (tertiary/aromatic N) is 1. The van der Waals surface area contributed by atoms with E-state index in [1.807, 2.05) is 43.5 Å². The first-order valence-corrected chi connectivity index (χ1v) is 7.40. The van der Waals surface area contributed by atoms with Gasteiger partial charge < -0.3 is 10.1 Å². The fourth-order valence-electron chi connectivity index (χ4n) is 1.89. The summed E-state index contributed by atoms with van der Waals surface area (Å²) in [6.45, 7) is 6.09. The van der Waals surface area contributed by atoms with Gasteiger partial charge in [0.2, 0.25) is 0 Å². The Morgan fingerprint density at radius 1 is 1.45 bits per heavy atom. The van der Waals surface area contributed by atoms with Crippen molar-refractivity contribution in [1.82, 2.24) is 4.98 Å². The van der Waals surface area contributed by atoms with Crippen LogP contribution in [0, 0.1) is 13.8 Å². The molecule has 0 saturated carbocycles. The monoisotopic (exact) mass is 290 g/mol. The standard InChI is InChI=1S/C15H18N2O2S/c1-4-19-15(18)14(13-9-20-11(3)16-13)17-12-7-5-6-10(2)8-12/h5-9,14,17H,4H2,1-3H3. The molecule has 1 aromatic carbocycles. The van der Waals surface area contributed by atoms with E-state index in [9.17, 15) is 4.79 Å². The van der Waals surface area contributed by atoms with Gasteiger partial charge in [-0.2, -0.15) is 0 Å². The van der Waals surface area contributed by atoms with E-state index in [0.29, 0.717) is 12.3 Å². The maximum absolute atomic E-state index is 12.1. The maximum Gasteiger partial charge on any atom is 0.334 e. The highest BCUT2D eigenvalue weighted by molar-refractivity contribution is 7.09. The number of rotatable bonds is 5. The molecule has 1 N–H and O–H groups in total. The van der Waals surface area contributed by atoms with Crippen LogP contribution < -0.4 is 5.32 Å². The minimum absolute atomic E-state index is 0.306. The van der Waals surface area contributed by atoms with Crippen LogP contribution >= 0.6 is 11.3 Å². The Kier molecular flexibility index (Phi) is 4.74. The molecule has 0 amide bonds. The van der Waals surface area contributed by atoms with Gasteiger partial charge in [0.25, 0.3) is 0 Å². The molecule has 106 valence electrons. The van der Waals surface area contributed by atoms with Crippen molar-refractivity contribution < 1.29 is 9.53 Å². The van der Waals surface area contributed by atoms with Gasteiger partial charge in [-0.1, -0.05) is 12.1 Å². The van der Waals surface area contributed by atoms with Crippen molar-refractivity contribution in [3.63, 3.8) is 0 Å². The first kappa shape index (κ1) is 14.5. The van der Waals surface area contributed by atoms with E-state index < -0.39 is 6.04 Å². The van der Waals surface area contributed by atoms with E-state index in [1.165, 1.54) is 11.3 Å². The molecule has 20 heavy (non-hydrogen) atoms. The molecule has 0 fully saturated rings. The van der Waals surface area contributed by atoms with Crippen LogP contribution in [0.4, 0.5) is 5.69 Å². The Morgan fingerprint density at radius 2 is 2.25 bits per heavy atom. The van der Waals surface area contributed by atoms with Gasteiger partial charge in [-0.25, -0.2) is 9.78 Å². The first-order valence-electron chi connectivity index (χ1n) is 6.52. The topological polar surface area (TPSA) is 51.2 Å². The molecule has 0 aliphatic rings. The van der Waals surface area contributed by atoms with Crippen LogP contribution in [0.5, 0.6) is 0 Å². The number of nitrogens with one attached hydrogen (secondary N) is 1. The molecule has 1 atom stereocenters. The summed E-state index contributed by atoms with van der Waals surface area (Å²) in [5, 5.41) is 6.02. The molecule has 1 heterocycles. The van der Waals surface area contributed by atoms with Crippen LogP contribution in [0.1, 0.15) is 29.2 Å². The largest absolute Gasteiger partial charge is 0.464 e. The highest BCUT2D eigenvalue weighted by Gasteiger charge is 2.24. The summed E-state index contributed by atoms with van der Waals surface area (Å²) in [7, 11) is 0. The van der Waals surface area contributed by atoms with Crippen LogP contribution in [0.2, 0.25) is 0 Å². The van der Waals surface area contributed by atoms with Crippen molar-refractivity contribution in [3.05, 3.63) is 45.9 Å². The lowest BCUT2D eigenvalue weighted by atomic mass is 10.2. The molecule has 2 rings (SSSR count). The molecule has 4 nitrogen and oxygen atoms in total. The minimum atomic E-state index is -0.568.